The van der Waals surface area contributed by atoms with E-state index in [-0.39, 0.29) is 35.6 Å². The Balaban J connectivity index is 1.35. The third-order valence-electron chi connectivity index (χ3n) is 6.67. The number of nitrogens with zero attached hydrogens (tertiary/aromatic N) is 1. The molecule has 4 atom stereocenters. The van der Waals surface area contributed by atoms with Gasteiger partial charge in [-0.25, -0.2) is 4.39 Å². The molecule has 0 aromatic heterocycles. The quantitative estimate of drug-likeness (QED) is 0.615. The molecule has 28 heavy (non-hydrogen) atoms. The van der Waals surface area contributed by atoms with Gasteiger partial charge in [0.15, 0.2) is 0 Å². The van der Waals surface area contributed by atoms with Crippen LogP contribution in [0.4, 0.5) is 4.39 Å². The van der Waals surface area contributed by atoms with Crippen molar-refractivity contribution < 1.29 is 9.18 Å². The maximum atomic E-state index is 13.7. The lowest BCUT2D eigenvalue weighted by atomic mass is 9.80. The van der Waals surface area contributed by atoms with Crippen LogP contribution in [0.3, 0.4) is 0 Å². The minimum atomic E-state index is -0.177. The highest BCUT2D eigenvalue weighted by molar-refractivity contribution is 5.80. The molecule has 3 aliphatic heterocycles. The van der Waals surface area contributed by atoms with Crippen LogP contribution in [-0.4, -0.2) is 49.1 Å². The van der Waals surface area contributed by atoms with E-state index in [1.54, 1.807) is 12.1 Å². The second-order valence-corrected chi connectivity index (χ2v) is 8.40. The summed E-state index contributed by atoms with van der Waals surface area (Å²) in [5, 5.41) is 0. The summed E-state index contributed by atoms with van der Waals surface area (Å²) in [5.74, 6) is 0.902. The molecule has 0 bridgehead atoms. The van der Waals surface area contributed by atoms with Crippen LogP contribution in [0.1, 0.15) is 44.1 Å². The zero-order valence-electron chi connectivity index (χ0n) is 16.6. The van der Waals surface area contributed by atoms with Crippen molar-refractivity contribution in [1.82, 2.24) is 26.6 Å². The van der Waals surface area contributed by atoms with Gasteiger partial charge in [0.25, 0.3) is 0 Å². The maximum Gasteiger partial charge on any atom is 0.228 e. The molecule has 4 rings (SSSR count). The van der Waals surface area contributed by atoms with E-state index in [1.165, 1.54) is 6.07 Å². The number of carbonyl (C=O) groups is 1. The highest BCUT2D eigenvalue weighted by Gasteiger charge is 2.39. The molecule has 7 heteroatoms. The number of nitrogens with one attached hydrogen (secondary N) is 4. The standard InChI is InChI=1S/C21H32FN5O/c1-2-4-19-18(13-23-25-19)21(28)27-9-7-14(8-10-27)20-17(12-24-26-20)15-5-3-6-16(22)11-15/h3,5-6,11,14,17-20,23-26H,2,4,7-10,12-13H2,1H3. The van der Waals surface area contributed by atoms with Gasteiger partial charge in [0, 0.05) is 44.2 Å². The zero-order valence-corrected chi connectivity index (χ0v) is 16.6. The Hall–Kier alpha value is -1.54. The molecule has 1 amide bonds. The minimum Gasteiger partial charge on any atom is -0.342 e. The fraction of sp³-hybridized carbons (Fsp3) is 0.667. The molecule has 3 heterocycles. The summed E-state index contributed by atoms with van der Waals surface area (Å²) in [5.41, 5.74) is 14.2. The van der Waals surface area contributed by atoms with Gasteiger partial charge >= 0.3 is 0 Å². The van der Waals surface area contributed by atoms with Crippen molar-refractivity contribution in [2.45, 2.75) is 50.6 Å². The number of hydrogen-bond acceptors (Lipinski definition) is 5. The Bertz CT molecular complexity index is 679. The fourth-order valence-electron chi connectivity index (χ4n) is 5.12. The fourth-order valence-corrected chi connectivity index (χ4v) is 5.12. The Morgan fingerprint density at radius 2 is 1.96 bits per heavy atom. The molecule has 0 spiro atoms. The highest BCUT2D eigenvalue weighted by atomic mass is 19.1. The van der Waals surface area contributed by atoms with E-state index in [4.69, 9.17) is 0 Å². The summed E-state index contributed by atoms with van der Waals surface area (Å²) in [6, 6.07) is 7.48. The number of benzene rings is 1. The molecule has 0 saturated carbocycles. The Morgan fingerprint density at radius 3 is 2.71 bits per heavy atom. The Morgan fingerprint density at radius 1 is 1.18 bits per heavy atom. The first-order chi connectivity index (χ1) is 13.7. The van der Waals surface area contributed by atoms with Gasteiger partial charge in [-0.1, -0.05) is 25.5 Å². The third-order valence-corrected chi connectivity index (χ3v) is 6.67. The first-order valence-corrected chi connectivity index (χ1v) is 10.7. The molecule has 4 unspecified atom stereocenters. The van der Waals surface area contributed by atoms with Crippen molar-refractivity contribution in [2.75, 3.05) is 26.2 Å². The Kier molecular flexibility index (Phi) is 6.25. The minimum absolute atomic E-state index is 0.0443. The number of piperidine rings is 1. The van der Waals surface area contributed by atoms with Gasteiger partial charge in [-0.2, -0.15) is 0 Å². The monoisotopic (exact) mass is 389 g/mol. The van der Waals surface area contributed by atoms with E-state index in [1.807, 2.05) is 6.07 Å². The topological polar surface area (TPSA) is 68.4 Å². The van der Waals surface area contributed by atoms with Gasteiger partial charge in [-0.05, 0) is 42.9 Å². The molecule has 3 saturated heterocycles. The van der Waals surface area contributed by atoms with E-state index in [9.17, 15) is 9.18 Å². The molecule has 154 valence electrons. The van der Waals surface area contributed by atoms with Crippen molar-refractivity contribution >= 4 is 5.91 Å². The lowest BCUT2D eigenvalue weighted by Crippen LogP contribution is -2.49. The summed E-state index contributed by atoms with van der Waals surface area (Å²) in [4.78, 5) is 15.1. The zero-order chi connectivity index (χ0) is 19.5. The molecule has 0 radical (unpaired) electrons. The predicted octanol–water partition coefficient (Wildman–Crippen LogP) is 1.52. The van der Waals surface area contributed by atoms with Gasteiger partial charge in [0.05, 0.1) is 5.92 Å². The average Bonchev–Trinajstić information content (AvgIpc) is 3.37. The smallest absolute Gasteiger partial charge is 0.228 e. The number of halogens is 1. The molecule has 6 nitrogen and oxygen atoms in total. The molecule has 3 aliphatic rings. The third kappa shape index (κ3) is 4.08. The van der Waals surface area contributed by atoms with Crippen LogP contribution in [0, 0.1) is 17.7 Å². The number of likely N-dealkylation sites (tertiary alicyclic amines) is 1. The largest absolute Gasteiger partial charge is 0.342 e. The van der Waals surface area contributed by atoms with Crippen LogP contribution in [0.15, 0.2) is 24.3 Å². The van der Waals surface area contributed by atoms with Crippen LogP contribution in [0.25, 0.3) is 0 Å². The molecule has 1 aromatic rings. The first-order valence-electron chi connectivity index (χ1n) is 10.7. The van der Waals surface area contributed by atoms with Crippen molar-refractivity contribution in [1.29, 1.82) is 0 Å². The van der Waals surface area contributed by atoms with E-state index >= 15 is 0 Å². The average molecular weight is 390 g/mol. The molecule has 3 fully saturated rings. The lowest BCUT2D eigenvalue weighted by Gasteiger charge is -2.38. The first kappa shape index (κ1) is 19.8. The van der Waals surface area contributed by atoms with Gasteiger partial charge in [-0.15, -0.1) is 0 Å². The van der Waals surface area contributed by atoms with Crippen LogP contribution in [0.5, 0.6) is 0 Å². The van der Waals surface area contributed by atoms with Crippen LogP contribution in [0.2, 0.25) is 0 Å². The number of rotatable bonds is 5. The van der Waals surface area contributed by atoms with E-state index < -0.39 is 0 Å². The number of hydrazine groups is 2. The summed E-state index contributed by atoms with van der Waals surface area (Å²) < 4.78 is 13.7. The second kappa shape index (κ2) is 8.86. The Labute approximate surface area is 166 Å². The number of carbonyl (C=O) groups excluding carboxylic acids is 1. The maximum absolute atomic E-state index is 13.7. The predicted molar refractivity (Wildman–Crippen MR) is 107 cm³/mol. The summed E-state index contributed by atoms with van der Waals surface area (Å²) in [7, 11) is 0. The van der Waals surface area contributed by atoms with E-state index in [0.717, 1.165) is 57.4 Å². The van der Waals surface area contributed by atoms with Gasteiger partial charge in [0.2, 0.25) is 5.91 Å². The highest BCUT2D eigenvalue weighted by Crippen LogP contribution is 2.33. The van der Waals surface area contributed by atoms with Crippen LogP contribution >= 0.6 is 0 Å². The van der Waals surface area contributed by atoms with E-state index in [2.05, 4.69) is 33.5 Å². The SMILES string of the molecule is CCCC1NNCC1C(=O)N1CCC(C2NNCC2c2cccc(F)c2)CC1. The normalized spacial score (nSPS) is 31.4. The van der Waals surface area contributed by atoms with Crippen molar-refractivity contribution in [3.05, 3.63) is 35.6 Å². The summed E-state index contributed by atoms with van der Waals surface area (Å²) in [6.07, 6.45) is 4.08. The molecular formula is C21H32FN5O. The van der Waals surface area contributed by atoms with Crippen LogP contribution < -0.4 is 21.7 Å². The van der Waals surface area contributed by atoms with Crippen molar-refractivity contribution in [2.24, 2.45) is 11.8 Å². The molecule has 0 aliphatic carbocycles. The van der Waals surface area contributed by atoms with Gasteiger partial charge in [0.1, 0.15) is 5.82 Å². The number of hydrogen-bond donors (Lipinski definition) is 4. The number of amides is 1. The lowest BCUT2D eigenvalue weighted by molar-refractivity contribution is -0.137. The van der Waals surface area contributed by atoms with Crippen molar-refractivity contribution in [3.8, 4) is 0 Å². The van der Waals surface area contributed by atoms with Gasteiger partial charge in [-0.3, -0.25) is 26.5 Å². The molecular weight excluding hydrogens is 357 g/mol. The molecule has 1 aromatic carbocycles. The van der Waals surface area contributed by atoms with E-state index in [0.29, 0.717) is 5.92 Å². The molecule has 4 N–H and O–H groups in total. The van der Waals surface area contributed by atoms with Crippen LogP contribution in [-0.2, 0) is 4.79 Å². The van der Waals surface area contributed by atoms with Gasteiger partial charge < -0.3 is 4.90 Å². The second-order valence-electron chi connectivity index (χ2n) is 8.40. The van der Waals surface area contributed by atoms with Crippen molar-refractivity contribution in [3.63, 3.8) is 0 Å². The summed E-state index contributed by atoms with van der Waals surface area (Å²) >= 11 is 0. The summed E-state index contributed by atoms with van der Waals surface area (Å²) in [6.45, 7) is 5.31.